The summed E-state index contributed by atoms with van der Waals surface area (Å²) in [5, 5.41) is 2.20. The predicted octanol–water partition coefficient (Wildman–Crippen LogP) is 14.2. The van der Waals surface area contributed by atoms with E-state index >= 15 is 0 Å². The van der Waals surface area contributed by atoms with Crippen molar-refractivity contribution in [3.8, 4) is 5.82 Å². The molecule has 0 radical (unpaired) electrons. The first-order chi connectivity index (χ1) is 27.5. The van der Waals surface area contributed by atoms with Crippen LogP contribution in [0.2, 0.25) is 0 Å². The summed E-state index contributed by atoms with van der Waals surface area (Å²) >= 11 is 0. The summed E-state index contributed by atoms with van der Waals surface area (Å²) in [5.74, 6) is 0.832. The van der Waals surface area contributed by atoms with Crippen molar-refractivity contribution in [3.63, 3.8) is 0 Å². The van der Waals surface area contributed by atoms with Crippen molar-refractivity contribution in [1.82, 2.24) is 9.55 Å². The van der Waals surface area contributed by atoms with Gasteiger partial charge in [-0.1, -0.05) is 150 Å². The van der Waals surface area contributed by atoms with Gasteiger partial charge in [0.1, 0.15) is 12.5 Å². The van der Waals surface area contributed by atoms with Crippen LogP contribution in [0.1, 0.15) is 119 Å². The molecule has 7 aromatic rings. The van der Waals surface area contributed by atoms with Gasteiger partial charge in [-0.15, -0.1) is 0 Å². The highest BCUT2D eigenvalue weighted by atomic mass is 15.4. The van der Waals surface area contributed by atoms with Gasteiger partial charge in [0.05, 0.1) is 28.1 Å². The van der Waals surface area contributed by atoms with Crippen molar-refractivity contribution >= 4 is 44.6 Å². The zero-order valence-electron chi connectivity index (χ0n) is 38.0. The molecule has 4 nitrogen and oxygen atoms in total. The van der Waals surface area contributed by atoms with E-state index in [0.29, 0.717) is 17.8 Å². The topological polar surface area (TPSA) is 24.3 Å². The van der Waals surface area contributed by atoms with Crippen LogP contribution in [0.15, 0.2) is 121 Å². The highest BCUT2D eigenvalue weighted by molar-refractivity contribution is 6.09. The van der Waals surface area contributed by atoms with Gasteiger partial charge in [-0.3, -0.25) is 4.57 Å². The van der Waals surface area contributed by atoms with Crippen LogP contribution in [-0.4, -0.2) is 16.2 Å². The molecule has 3 heterocycles. The minimum absolute atomic E-state index is 0.0490. The Balaban J connectivity index is 1.29. The van der Waals surface area contributed by atoms with Crippen molar-refractivity contribution < 1.29 is 2.74 Å². The van der Waals surface area contributed by atoms with Gasteiger partial charge < -0.3 is 9.80 Å². The summed E-state index contributed by atoms with van der Waals surface area (Å²) in [6.07, 6.45) is 0.0752. The highest BCUT2D eigenvalue weighted by Gasteiger charge is 2.35. The van der Waals surface area contributed by atoms with Gasteiger partial charge in [-0.2, -0.15) is 0 Å². The zero-order chi connectivity index (χ0) is 42.4. The number of nitrogens with zero attached hydrogens (tertiary/aromatic N) is 4. The van der Waals surface area contributed by atoms with E-state index in [-0.39, 0.29) is 21.7 Å². The fourth-order valence-electron chi connectivity index (χ4n) is 8.41. The molecule has 0 N–H and O–H groups in total. The first-order valence-electron chi connectivity index (χ1n) is 21.5. The molecule has 0 spiro atoms. The number of hydrogen-bond donors (Lipinski definition) is 0. The standard InChI is InChI=1S/C53H60N4/c1-50(2,3)37-26-27-54-48(33-37)57-44-21-14-13-18-40(44)41-25-24-35(31-47(41)57)28-36-29-38(51(4,5)6)32-39(30-36)55-34-56(46-23-16-15-22-45(46)55)49-42(52(7,8)9)19-17-20-43(49)53(10,11)12/h13-27,29-33H,28,34H2,1-12H3/i28D2. The van der Waals surface area contributed by atoms with Crippen LogP contribution >= 0.6 is 0 Å². The van der Waals surface area contributed by atoms with Crippen LogP contribution in [0.25, 0.3) is 27.6 Å². The number of fused-ring (bicyclic) bond motifs is 4. The number of anilines is 4. The number of para-hydroxylation sites is 4. The van der Waals surface area contributed by atoms with Gasteiger partial charge in [0, 0.05) is 25.4 Å². The second-order valence-electron chi connectivity index (χ2n) is 20.1. The van der Waals surface area contributed by atoms with E-state index < -0.39 is 6.37 Å². The fraction of sp³-hybridized carbons (Fsp3) is 0.340. The van der Waals surface area contributed by atoms with E-state index in [9.17, 15) is 2.74 Å². The minimum Gasteiger partial charge on any atom is -0.321 e. The van der Waals surface area contributed by atoms with E-state index in [4.69, 9.17) is 4.98 Å². The third kappa shape index (κ3) is 7.13. The Morgan fingerprint density at radius 3 is 1.79 bits per heavy atom. The van der Waals surface area contributed by atoms with Crippen molar-refractivity contribution in [2.24, 2.45) is 0 Å². The Bertz CT molecular complexity index is 2700. The Labute approximate surface area is 344 Å². The molecule has 5 aromatic carbocycles. The number of hydrogen-bond acceptors (Lipinski definition) is 3. The largest absolute Gasteiger partial charge is 0.321 e. The van der Waals surface area contributed by atoms with E-state index in [1.54, 1.807) is 0 Å². The van der Waals surface area contributed by atoms with Crippen LogP contribution < -0.4 is 9.80 Å². The van der Waals surface area contributed by atoms with E-state index in [0.717, 1.165) is 50.2 Å². The molecule has 4 heteroatoms. The van der Waals surface area contributed by atoms with Gasteiger partial charge in [0.25, 0.3) is 0 Å². The number of aromatic nitrogens is 2. The maximum Gasteiger partial charge on any atom is 0.137 e. The Morgan fingerprint density at radius 2 is 1.14 bits per heavy atom. The molecule has 0 aliphatic carbocycles. The maximum atomic E-state index is 10.0. The van der Waals surface area contributed by atoms with Crippen molar-refractivity contribution in [3.05, 3.63) is 155 Å². The van der Waals surface area contributed by atoms with Gasteiger partial charge in [-0.25, -0.2) is 4.98 Å². The molecule has 292 valence electrons. The normalized spacial score (nSPS) is 14.7. The quantitative estimate of drug-likeness (QED) is 0.175. The van der Waals surface area contributed by atoms with Gasteiger partial charge in [0.15, 0.2) is 0 Å². The monoisotopic (exact) mass is 754 g/mol. The Morgan fingerprint density at radius 1 is 0.526 bits per heavy atom. The molecule has 0 bridgehead atoms. The fourth-order valence-corrected chi connectivity index (χ4v) is 8.41. The van der Waals surface area contributed by atoms with Crippen LogP contribution in [0.4, 0.5) is 22.7 Å². The molecule has 0 fully saturated rings. The molecule has 2 aromatic heterocycles. The van der Waals surface area contributed by atoms with Gasteiger partial charge in [-0.05, 0) is 110 Å². The number of pyridine rings is 1. The van der Waals surface area contributed by atoms with E-state index in [1.165, 1.54) is 22.4 Å². The zero-order valence-corrected chi connectivity index (χ0v) is 36.0. The molecule has 0 unspecified atom stereocenters. The first-order valence-corrected chi connectivity index (χ1v) is 20.5. The smallest absolute Gasteiger partial charge is 0.137 e. The lowest BCUT2D eigenvalue weighted by atomic mass is 9.78. The maximum absolute atomic E-state index is 10.0. The molecule has 0 saturated heterocycles. The van der Waals surface area contributed by atoms with Crippen LogP contribution in [0, 0.1) is 0 Å². The lowest BCUT2D eigenvalue weighted by Gasteiger charge is -2.35. The third-order valence-electron chi connectivity index (χ3n) is 11.6. The molecular weight excluding hydrogens is 693 g/mol. The summed E-state index contributed by atoms with van der Waals surface area (Å²) in [4.78, 5) is 9.75. The predicted molar refractivity (Wildman–Crippen MR) is 245 cm³/mol. The van der Waals surface area contributed by atoms with E-state index in [1.807, 2.05) is 12.3 Å². The summed E-state index contributed by atoms with van der Waals surface area (Å²) in [5.41, 5.74) is 12.2. The summed E-state index contributed by atoms with van der Waals surface area (Å²) in [6.45, 7) is 27.7. The molecule has 1 aliphatic rings. The summed E-state index contributed by atoms with van der Waals surface area (Å²) < 4.78 is 22.2. The lowest BCUT2D eigenvalue weighted by molar-refractivity contribution is 0.568. The number of rotatable bonds is 5. The van der Waals surface area contributed by atoms with Crippen LogP contribution in [0.3, 0.4) is 0 Å². The highest BCUT2D eigenvalue weighted by Crippen LogP contribution is 2.50. The molecular formula is C53H60N4. The average Bonchev–Trinajstić information content (AvgIpc) is 3.72. The van der Waals surface area contributed by atoms with E-state index in [2.05, 4.69) is 207 Å². The second kappa shape index (κ2) is 13.6. The lowest BCUT2D eigenvalue weighted by Crippen LogP contribution is -2.30. The van der Waals surface area contributed by atoms with Crippen molar-refractivity contribution in [1.29, 1.82) is 0 Å². The molecule has 0 saturated carbocycles. The van der Waals surface area contributed by atoms with Crippen molar-refractivity contribution in [2.75, 3.05) is 16.5 Å². The second-order valence-corrected chi connectivity index (χ2v) is 20.1. The van der Waals surface area contributed by atoms with Gasteiger partial charge in [0.2, 0.25) is 0 Å². The molecule has 0 atom stereocenters. The number of benzene rings is 5. The summed E-state index contributed by atoms with van der Waals surface area (Å²) in [6, 6.07) is 40.7. The minimum atomic E-state index is -1.82. The van der Waals surface area contributed by atoms with Crippen LogP contribution in [-0.2, 0) is 28.0 Å². The SMILES string of the molecule is [2H]C([2H])(c1cc(N2CN(c3c(C(C)(C)C)cccc3C(C)(C)C)c3ccccc32)cc(C(C)(C)C)c1)c1ccc2c3ccccc3n(-c3cc(C(C)(C)C)ccn3)c2c1. The summed E-state index contributed by atoms with van der Waals surface area (Å²) in [7, 11) is 0. The average molecular weight is 755 g/mol. The third-order valence-corrected chi connectivity index (χ3v) is 11.6. The molecule has 0 amide bonds. The molecule has 1 aliphatic heterocycles. The molecule has 8 rings (SSSR count). The van der Waals surface area contributed by atoms with Gasteiger partial charge >= 0.3 is 0 Å². The Kier molecular flexibility index (Phi) is 8.62. The van der Waals surface area contributed by atoms with Crippen molar-refractivity contribution in [2.45, 2.75) is 111 Å². The molecule has 57 heavy (non-hydrogen) atoms. The first kappa shape index (κ1) is 36.0. The van der Waals surface area contributed by atoms with Crippen LogP contribution in [0.5, 0.6) is 0 Å². The Hall–Kier alpha value is -5.35.